The highest BCUT2D eigenvalue weighted by molar-refractivity contribution is 5.71. The van der Waals surface area contributed by atoms with Gasteiger partial charge in [0.15, 0.2) is 6.10 Å². The van der Waals surface area contributed by atoms with Crippen LogP contribution in [0.15, 0.2) is 0 Å². The monoisotopic (exact) mass is 821 g/mol. The van der Waals surface area contributed by atoms with Crippen molar-refractivity contribution >= 4 is 17.9 Å². The number of carbonyl (C=O) groups is 3. The molecule has 0 saturated heterocycles. The van der Waals surface area contributed by atoms with Crippen molar-refractivity contribution in [2.45, 2.75) is 297 Å². The van der Waals surface area contributed by atoms with Crippen LogP contribution in [-0.4, -0.2) is 37.2 Å². The summed E-state index contributed by atoms with van der Waals surface area (Å²) in [5.41, 5.74) is 0. The second-order valence-corrected chi connectivity index (χ2v) is 18.3. The molecule has 344 valence electrons. The van der Waals surface area contributed by atoms with Crippen LogP contribution in [0.3, 0.4) is 0 Å². The van der Waals surface area contributed by atoms with Crippen molar-refractivity contribution < 1.29 is 28.6 Å². The normalized spacial score (nSPS) is 11.9. The zero-order valence-corrected chi connectivity index (χ0v) is 39.5. The van der Waals surface area contributed by atoms with Crippen LogP contribution in [-0.2, 0) is 28.6 Å². The van der Waals surface area contributed by atoms with Gasteiger partial charge in [0.25, 0.3) is 0 Å². The van der Waals surface area contributed by atoms with E-state index < -0.39 is 6.10 Å². The molecule has 58 heavy (non-hydrogen) atoms. The van der Waals surface area contributed by atoms with Gasteiger partial charge in [0.05, 0.1) is 0 Å². The van der Waals surface area contributed by atoms with Gasteiger partial charge >= 0.3 is 17.9 Å². The van der Waals surface area contributed by atoms with Gasteiger partial charge in [0.1, 0.15) is 13.2 Å². The minimum absolute atomic E-state index is 0.0627. The summed E-state index contributed by atoms with van der Waals surface area (Å²) >= 11 is 0. The molecule has 0 amide bonds. The number of hydrogen-bond donors (Lipinski definition) is 0. The van der Waals surface area contributed by atoms with Gasteiger partial charge in [-0.05, 0) is 25.2 Å². The van der Waals surface area contributed by atoms with E-state index in [2.05, 4.69) is 27.7 Å². The fraction of sp³-hybridized carbons (Fsp3) is 0.942. The maximum absolute atomic E-state index is 12.8. The van der Waals surface area contributed by atoms with Crippen LogP contribution in [0.1, 0.15) is 291 Å². The summed E-state index contributed by atoms with van der Waals surface area (Å²) in [4.78, 5) is 37.9. The molecular weight excluding hydrogens is 721 g/mol. The Kier molecular flexibility index (Phi) is 45.2. The molecule has 0 spiro atoms. The lowest BCUT2D eigenvalue weighted by Crippen LogP contribution is -2.30. The molecule has 0 radical (unpaired) electrons. The third-order valence-corrected chi connectivity index (χ3v) is 11.8. The second kappa shape index (κ2) is 46.5. The smallest absolute Gasteiger partial charge is 0.306 e. The van der Waals surface area contributed by atoms with Gasteiger partial charge in [0.2, 0.25) is 0 Å². The van der Waals surface area contributed by atoms with E-state index in [4.69, 9.17) is 14.2 Å². The Morgan fingerprint density at radius 1 is 0.328 bits per heavy atom. The maximum Gasteiger partial charge on any atom is 0.306 e. The van der Waals surface area contributed by atoms with Gasteiger partial charge in [-0.1, -0.05) is 252 Å². The zero-order valence-electron chi connectivity index (χ0n) is 39.5. The zero-order chi connectivity index (χ0) is 42.4. The lowest BCUT2D eigenvalue weighted by Gasteiger charge is -2.18. The highest BCUT2D eigenvalue weighted by atomic mass is 16.6. The highest BCUT2D eigenvalue weighted by Crippen LogP contribution is 2.17. The Balaban J connectivity index is 4.30. The van der Waals surface area contributed by atoms with E-state index in [0.717, 1.165) is 63.7 Å². The maximum atomic E-state index is 12.8. The van der Waals surface area contributed by atoms with Crippen LogP contribution in [0, 0.1) is 5.92 Å². The summed E-state index contributed by atoms with van der Waals surface area (Å²) in [6.45, 7) is 9.01. The Labute approximate surface area is 361 Å². The molecular formula is C52H100O6. The van der Waals surface area contributed by atoms with Gasteiger partial charge < -0.3 is 14.2 Å². The molecule has 0 rings (SSSR count). The van der Waals surface area contributed by atoms with Crippen molar-refractivity contribution in [3.8, 4) is 0 Å². The van der Waals surface area contributed by atoms with Crippen LogP contribution in [0.4, 0.5) is 0 Å². The van der Waals surface area contributed by atoms with Crippen LogP contribution < -0.4 is 0 Å². The van der Waals surface area contributed by atoms with E-state index in [1.54, 1.807) is 0 Å². The first kappa shape index (κ1) is 56.4. The van der Waals surface area contributed by atoms with Crippen LogP contribution >= 0.6 is 0 Å². The summed E-state index contributed by atoms with van der Waals surface area (Å²) in [5, 5.41) is 0. The van der Waals surface area contributed by atoms with E-state index in [-0.39, 0.29) is 31.1 Å². The minimum atomic E-state index is -0.760. The van der Waals surface area contributed by atoms with Gasteiger partial charge in [-0.3, -0.25) is 14.4 Å². The summed E-state index contributed by atoms with van der Waals surface area (Å²) < 4.78 is 16.8. The molecule has 0 aliphatic carbocycles. The lowest BCUT2D eigenvalue weighted by molar-refractivity contribution is -0.167. The Morgan fingerprint density at radius 3 is 0.845 bits per heavy atom. The van der Waals surface area contributed by atoms with Crippen molar-refractivity contribution in [2.24, 2.45) is 5.92 Å². The number of hydrogen-bond acceptors (Lipinski definition) is 6. The summed E-state index contributed by atoms with van der Waals surface area (Å²) in [6, 6.07) is 0. The molecule has 0 bridgehead atoms. The van der Waals surface area contributed by atoms with Crippen molar-refractivity contribution in [2.75, 3.05) is 13.2 Å². The van der Waals surface area contributed by atoms with E-state index in [0.29, 0.717) is 19.3 Å². The van der Waals surface area contributed by atoms with Crippen LogP contribution in [0.2, 0.25) is 0 Å². The van der Waals surface area contributed by atoms with E-state index in [1.165, 1.54) is 186 Å². The van der Waals surface area contributed by atoms with Gasteiger partial charge in [-0.25, -0.2) is 0 Å². The van der Waals surface area contributed by atoms with Gasteiger partial charge in [-0.15, -0.1) is 0 Å². The van der Waals surface area contributed by atoms with E-state index in [9.17, 15) is 14.4 Å². The molecule has 0 saturated carbocycles. The standard InChI is InChI=1S/C52H100O6/c1-5-7-9-11-13-15-17-19-20-21-23-27-31-35-39-43-50(53)56-46-49(58-52(55)45-41-37-33-29-22-18-16-14-12-10-8-6-2)47-57-51(54)44-40-36-32-28-25-24-26-30-34-38-42-48(3)4/h48-49H,5-47H2,1-4H3/t49-/m0/s1. The highest BCUT2D eigenvalue weighted by Gasteiger charge is 2.19. The molecule has 6 nitrogen and oxygen atoms in total. The molecule has 1 atom stereocenters. The summed E-state index contributed by atoms with van der Waals surface area (Å²) in [7, 11) is 0. The van der Waals surface area contributed by atoms with Crippen molar-refractivity contribution in [1.82, 2.24) is 0 Å². The minimum Gasteiger partial charge on any atom is -0.462 e. The fourth-order valence-corrected chi connectivity index (χ4v) is 7.86. The molecule has 0 aromatic rings. The molecule has 0 fully saturated rings. The number of esters is 3. The van der Waals surface area contributed by atoms with Gasteiger partial charge in [-0.2, -0.15) is 0 Å². The van der Waals surface area contributed by atoms with Crippen LogP contribution in [0.5, 0.6) is 0 Å². The topological polar surface area (TPSA) is 78.9 Å². The molecule has 0 aliphatic heterocycles. The SMILES string of the molecule is CCCCCCCCCCCCCCCCCC(=O)OC[C@@H](COC(=O)CCCCCCCCCCCCC(C)C)OC(=O)CCCCCCCCCCCCCC. The van der Waals surface area contributed by atoms with Crippen molar-refractivity contribution in [1.29, 1.82) is 0 Å². The quantitative estimate of drug-likeness (QED) is 0.0346. The Morgan fingerprint density at radius 2 is 0.569 bits per heavy atom. The van der Waals surface area contributed by atoms with Crippen molar-refractivity contribution in [3.05, 3.63) is 0 Å². The first-order valence-electron chi connectivity index (χ1n) is 25.9. The number of carbonyl (C=O) groups excluding carboxylic acids is 3. The molecule has 0 heterocycles. The molecule has 0 aromatic carbocycles. The fourth-order valence-electron chi connectivity index (χ4n) is 7.86. The molecule has 6 heteroatoms. The largest absolute Gasteiger partial charge is 0.462 e. The predicted octanol–water partition coefficient (Wildman–Crippen LogP) is 16.7. The molecule has 0 aliphatic rings. The number of rotatable bonds is 47. The molecule has 0 unspecified atom stereocenters. The van der Waals surface area contributed by atoms with Crippen molar-refractivity contribution in [3.63, 3.8) is 0 Å². The Bertz CT molecular complexity index is 872. The Hall–Kier alpha value is -1.59. The predicted molar refractivity (Wildman–Crippen MR) is 247 cm³/mol. The third kappa shape index (κ3) is 45.5. The first-order valence-corrected chi connectivity index (χ1v) is 25.9. The number of unbranched alkanes of at least 4 members (excludes halogenated alkanes) is 34. The number of ether oxygens (including phenoxy) is 3. The summed E-state index contributed by atoms with van der Waals surface area (Å²) in [6.07, 6.45) is 48.0. The van der Waals surface area contributed by atoms with Crippen LogP contribution in [0.25, 0.3) is 0 Å². The average molecular weight is 821 g/mol. The average Bonchev–Trinajstić information content (AvgIpc) is 3.21. The third-order valence-electron chi connectivity index (χ3n) is 11.8. The lowest BCUT2D eigenvalue weighted by atomic mass is 10.0. The summed E-state index contributed by atoms with van der Waals surface area (Å²) in [5.74, 6) is -0.0260. The molecule has 0 N–H and O–H groups in total. The molecule has 0 aromatic heterocycles. The second-order valence-electron chi connectivity index (χ2n) is 18.3. The first-order chi connectivity index (χ1) is 28.4. The van der Waals surface area contributed by atoms with E-state index >= 15 is 0 Å². The van der Waals surface area contributed by atoms with E-state index in [1.807, 2.05) is 0 Å². The van der Waals surface area contributed by atoms with Gasteiger partial charge in [0, 0.05) is 19.3 Å².